The standard InChI is InChI=1S/C13H15N3O2/c1-8-9(2)16-18-13(8)15-12(17)11(14)10-6-4-3-5-7-10/h3-7,11H,14H2,1-2H3,(H,15,17)/t11-/m0/s1. The van der Waals surface area contributed by atoms with Crippen LogP contribution in [0.25, 0.3) is 0 Å². The van der Waals surface area contributed by atoms with Gasteiger partial charge in [-0.25, -0.2) is 0 Å². The van der Waals surface area contributed by atoms with E-state index >= 15 is 0 Å². The van der Waals surface area contributed by atoms with E-state index in [1.54, 1.807) is 0 Å². The second-order valence-electron chi connectivity index (χ2n) is 4.10. The Hall–Kier alpha value is -2.14. The van der Waals surface area contributed by atoms with Gasteiger partial charge in [0, 0.05) is 5.56 Å². The topological polar surface area (TPSA) is 81.2 Å². The molecular formula is C13H15N3O2. The smallest absolute Gasteiger partial charge is 0.248 e. The van der Waals surface area contributed by atoms with E-state index in [9.17, 15) is 4.79 Å². The number of carbonyl (C=O) groups is 1. The Morgan fingerprint density at radius 1 is 1.33 bits per heavy atom. The third-order valence-corrected chi connectivity index (χ3v) is 2.84. The SMILES string of the molecule is Cc1noc(NC(=O)[C@@H](N)c2ccccc2)c1C. The molecule has 0 fully saturated rings. The van der Waals surface area contributed by atoms with Crippen LogP contribution < -0.4 is 11.1 Å². The highest BCUT2D eigenvalue weighted by Gasteiger charge is 2.18. The van der Waals surface area contributed by atoms with Crippen LogP contribution in [0, 0.1) is 13.8 Å². The Labute approximate surface area is 105 Å². The van der Waals surface area contributed by atoms with E-state index < -0.39 is 6.04 Å². The summed E-state index contributed by atoms with van der Waals surface area (Å²) in [7, 11) is 0. The Bertz CT molecular complexity index is 549. The fourth-order valence-electron chi connectivity index (χ4n) is 1.53. The number of hydrogen-bond donors (Lipinski definition) is 2. The van der Waals surface area contributed by atoms with E-state index in [4.69, 9.17) is 10.3 Å². The molecule has 0 spiro atoms. The first kappa shape index (κ1) is 12.3. The summed E-state index contributed by atoms with van der Waals surface area (Å²) in [5.41, 5.74) is 8.18. The first-order valence-electron chi connectivity index (χ1n) is 5.64. The van der Waals surface area contributed by atoms with Crippen LogP contribution in [0.5, 0.6) is 0 Å². The molecule has 0 aliphatic carbocycles. The first-order chi connectivity index (χ1) is 8.59. The second-order valence-corrected chi connectivity index (χ2v) is 4.10. The van der Waals surface area contributed by atoms with Gasteiger partial charge in [-0.1, -0.05) is 35.5 Å². The summed E-state index contributed by atoms with van der Waals surface area (Å²) in [4.78, 5) is 12.0. The molecule has 0 aliphatic heterocycles. The highest BCUT2D eigenvalue weighted by atomic mass is 16.5. The molecule has 0 radical (unpaired) electrons. The molecule has 5 heteroatoms. The van der Waals surface area contributed by atoms with E-state index in [1.807, 2.05) is 44.2 Å². The maximum absolute atomic E-state index is 12.0. The van der Waals surface area contributed by atoms with Gasteiger partial charge in [0.25, 0.3) is 0 Å². The number of nitrogens with zero attached hydrogens (tertiary/aromatic N) is 1. The zero-order valence-electron chi connectivity index (χ0n) is 10.3. The first-order valence-corrected chi connectivity index (χ1v) is 5.64. The van der Waals surface area contributed by atoms with E-state index in [0.29, 0.717) is 5.88 Å². The Morgan fingerprint density at radius 2 is 2.00 bits per heavy atom. The van der Waals surface area contributed by atoms with Crippen molar-refractivity contribution in [3.8, 4) is 0 Å². The van der Waals surface area contributed by atoms with Crippen molar-refractivity contribution in [2.24, 2.45) is 5.73 Å². The Kier molecular flexibility index (Phi) is 3.43. The zero-order chi connectivity index (χ0) is 13.1. The molecule has 0 saturated carbocycles. The van der Waals surface area contributed by atoms with Gasteiger partial charge in [0.05, 0.1) is 5.69 Å². The van der Waals surface area contributed by atoms with Gasteiger partial charge >= 0.3 is 0 Å². The van der Waals surface area contributed by atoms with Crippen molar-refractivity contribution in [3.05, 3.63) is 47.2 Å². The molecule has 18 heavy (non-hydrogen) atoms. The van der Waals surface area contributed by atoms with Gasteiger partial charge in [-0.2, -0.15) is 0 Å². The van der Waals surface area contributed by atoms with Crippen LogP contribution in [-0.2, 0) is 4.79 Å². The zero-order valence-corrected chi connectivity index (χ0v) is 10.3. The van der Waals surface area contributed by atoms with Gasteiger partial charge in [0.1, 0.15) is 6.04 Å². The van der Waals surface area contributed by atoms with Crippen molar-refractivity contribution < 1.29 is 9.32 Å². The summed E-state index contributed by atoms with van der Waals surface area (Å²) < 4.78 is 5.01. The maximum atomic E-state index is 12.0. The second kappa shape index (κ2) is 5.01. The minimum Gasteiger partial charge on any atom is -0.338 e. The molecule has 1 aromatic carbocycles. The summed E-state index contributed by atoms with van der Waals surface area (Å²) in [5.74, 6) is 0.0318. The van der Waals surface area contributed by atoms with E-state index in [-0.39, 0.29) is 5.91 Å². The highest BCUT2D eigenvalue weighted by molar-refractivity contribution is 5.94. The van der Waals surface area contributed by atoms with Gasteiger partial charge in [-0.15, -0.1) is 0 Å². The minimum atomic E-state index is -0.726. The fourth-order valence-corrected chi connectivity index (χ4v) is 1.53. The number of hydrogen-bond acceptors (Lipinski definition) is 4. The fraction of sp³-hybridized carbons (Fsp3) is 0.231. The molecule has 0 unspecified atom stereocenters. The number of aromatic nitrogens is 1. The van der Waals surface area contributed by atoms with Crippen molar-refractivity contribution in [1.29, 1.82) is 0 Å². The van der Waals surface area contributed by atoms with Gasteiger partial charge < -0.3 is 10.3 Å². The van der Waals surface area contributed by atoms with Crippen molar-refractivity contribution >= 4 is 11.8 Å². The van der Waals surface area contributed by atoms with Crippen molar-refractivity contribution in [3.63, 3.8) is 0 Å². The monoisotopic (exact) mass is 245 g/mol. The predicted octanol–water partition coefficient (Wildman–Crippen LogP) is 1.93. The molecule has 2 aromatic rings. The molecule has 94 valence electrons. The molecule has 1 heterocycles. The van der Waals surface area contributed by atoms with Crippen LogP contribution in [0.1, 0.15) is 22.9 Å². The molecule has 0 saturated heterocycles. The molecule has 1 atom stereocenters. The molecule has 1 aromatic heterocycles. The number of rotatable bonds is 3. The largest absolute Gasteiger partial charge is 0.338 e. The molecule has 5 nitrogen and oxygen atoms in total. The van der Waals surface area contributed by atoms with Crippen LogP contribution in [0.4, 0.5) is 5.88 Å². The number of aryl methyl sites for hydroxylation is 1. The third kappa shape index (κ3) is 2.41. The number of nitrogens with two attached hydrogens (primary N) is 1. The maximum Gasteiger partial charge on any atom is 0.248 e. The van der Waals surface area contributed by atoms with E-state index in [2.05, 4.69) is 10.5 Å². The van der Waals surface area contributed by atoms with Gasteiger partial charge in [-0.05, 0) is 19.4 Å². The lowest BCUT2D eigenvalue weighted by Crippen LogP contribution is -2.27. The lowest BCUT2D eigenvalue weighted by atomic mass is 10.1. The summed E-state index contributed by atoms with van der Waals surface area (Å²) in [6, 6.07) is 8.44. The van der Waals surface area contributed by atoms with Crippen molar-refractivity contribution in [2.45, 2.75) is 19.9 Å². The Morgan fingerprint density at radius 3 is 2.56 bits per heavy atom. The molecular weight excluding hydrogens is 230 g/mol. The number of carbonyl (C=O) groups excluding carboxylic acids is 1. The summed E-state index contributed by atoms with van der Waals surface area (Å²) in [6.07, 6.45) is 0. The van der Waals surface area contributed by atoms with Crippen LogP contribution in [0.3, 0.4) is 0 Å². The normalized spacial score (nSPS) is 12.2. The van der Waals surface area contributed by atoms with Crippen molar-refractivity contribution in [1.82, 2.24) is 5.16 Å². The Balaban J connectivity index is 2.11. The van der Waals surface area contributed by atoms with Crippen LogP contribution in [-0.4, -0.2) is 11.1 Å². The molecule has 0 aliphatic rings. The molecule has 1 amide bonds. The predicted molar refractivity (Wildman–Crippen MR) is 68.0 cm³/mol. The van der Waals surface area contributed by atoms with Crippen LogP contribution >= 0.6 is 0 Å². The van der Waals surface area contributed by atoms with E-state index in [0.717, 1.165) is 16.8 Å². The van der Waals surface area contributed by atoms with Crippen molar-refractivity contribution in [2.75, 3.05) is 5.32 Å². The van der Waals surface area contributed by atoms with Gasteiger partial charge in [0.15, 0.2) is 0 Å². The lowest BCUT2D eigenvalue weighted by molar-refractivity contribution is -0.117. The third-order valence-electron chi connectivity index (χ3n) is 2.84. The number of benzene rings is 1. The summed E-state index contributed by atoms with van der Waals surface area (Å²) in [6.45, 7) is 3.64. The molecule has 2 rings (SSSR count). The molecule has 0 bridgehead atoms. The van der Waals surface area contributed by atoms with Gasteiger partial charge in [0.2, 0.25) is 11.8 Å². The summed E-state index contributed by atoms with van der Waals surface area (Å²) in [5, 5.41) is 6.41. The number of nitrogens with one attached hydrogen (secondary N) is 1. The van der Waals surface area contributed by atoms with Gasteiger partial charge in [-0.3, -0.25) is 10.1 Å². The lowest BCUT2D eigenvalue weighted by Gasteiger charge is -2.10. The number of anilines is 1. The molecule has 3 N–H and O–H groups in total. The minimum absolute atomic E-state index is 0.319. The average molecular weight is 245 g/mol. The quantitative estimate of drug-likeness (QED) is 0.865. The number of amides is 1. The average Bonchev–Trinajstić information content (AvgIpc) is 2.71. The highest BCUT2D eigenvalue weighted by Crippen LogP contribution is 2.19. The van der Waals surface area contributed by atoms with Crippen LogP contribution in [0.15, 0.2) is 34.9 Å². The van der Waals surface area contributed by atoms with Crippen LogP contribution in [0.2, 0.25) is 0 Å². The van der Waals surface area contributed by atoms with E-state index in [1.165, 1.54) is 0 Å². The summed E-state index contributed by atoms with van der Waals surface area (Å²) >= 11 is 0.